The molecule has 0 bridgehead atoms. The molecule has 2 aromatic rings. The van der Waals surface area contributed by atoms with Crippen molar-refractivity contribution in [3.05, 3.63) is 59.7 Å². The van der Waals surface area contributed by atoms with Crippen molar-refractivity contribution in [1.82, 2.24) is 0 Å². The Bertz CT molecular complexity index is 892. The highest BCUT2D eigenvalue weighted by Crippen LogP contribution is 2.30. The van der Waals surface area contributed by atoms with Crippen LogP contribution in [-0.4, -0.2) is 18.2 Å². The van der Waals surface area contributed by atoms with Crippen LogP contribution in [-0.2, 0) is 22.4 Å². The van der Waals surface area contributed by atoms with Gasteiger partial charge < -0.3 is 14.2 Å². The standard InChI is InChI=1S/C35H50O5/c1-3-5-7-9-11-13-28-15-21-31(22-16-28)38-34(36)27-30-19-25-33(26-20-30)40-35(37)39-32-23-17-29(18-24-32)14-12-10-8-6-4-2/h15-18,21-24,30,33H,3-14,19-20,25-27H2,1-2H3/t30-,33-. The zero-order valence-electron chi connectivity index (χ0n) is 24.8. The van der Waals surface area contributed by atoms with E-state index in [0.717, 1.165) is 38.5 Å². The number of carbonyl (C=O) groups excluding carboxylic acids is 2. The molecule has 0 saturated heterocycles. The van der Waals surface area contributed by atoms with Gasteiger partial charge in [0, 0.05) is 6.42 Å². The van der Waals surface area contributed by atoms with Gasteiger partial charge in [0.15, 0.2) is 0 Å². The van der Waals surface area contributed by atoms with Crippen molar-refractivity contribution in [2.75, 3.05) is 0 Å². The maximum absolute atomic E-state index is 12.5. The molecule has 40 heavy (non-hydrogen) atoms. The first-order valence-electron chi connectivity index (χ1n) is 15.8. The summed E-state index contributed by atoms with van der Waals surface area (Å²) < 4.78 is 16.5. The lowest BCUT2D eigenvalue weighted by atomic mass is 9.85. The fourth-order valence-electron chi connectivity index (χ4n) is 5.43. The van der Waals surface area contributed by atoms with Crippen molar-refractivity contribution in [3.8, 4) is 11.5 Å². The number of benzene rings is 2. The summed E-state index contributed by atoms with van der Waals surface area (Å²) in [4.78, 5) is 24.8. The molecule has 1 saturated carbocycles. The van der Waals surface area contributed by atoms with Crippen molar-refractivity contribution in [2.24, 2.45) is 5.92 Å². The molecule has 0 N–H and O–H groups in total. The van der Waals surface area contributed by atoms with Gasteiger partial charge in [-0.05, 0) is 92.7 Å². The number of hydrogen-bond donors (Lipinski definition) is 0. The summed E-state index contributed by atoms with van der Waals surface area (Å²) in [6.45, 7) is 4.46. The Kier molecular flexibility index (Phi) is 14.7. The number of esters is 1. The molecule has 0 aromatic heterocycles. The Balaban J connectivity index is 1.28. The molecule has 0 atom stereocenters. The first-order valence-corrected chi connectivity index (χ1v) is 15.8. The minimum absolute atomic E-state index is 0.170. The average molecular weight is 551 g/mol. The Morgan fingerprint density at radius 2 is 1.10 bits per heavy atom. The van der Waals surface area contributed by atoms with E-state index in [1.54, 1.807) is 0 Å². The normalized spacial score (nSPS) is 16.9. The summed E-state index contributed by atoms with van der Waals surface area (Å²) in [5, 5.41) is 0. The van der Waals surface area contributed by atoms with Gasteiger partial charge >= 0.3 is 12.1 Å². The molecule has 220 valence electrons. The third kappa shape index (κ3) is 12.6. The number of unbranched alkanes of at least 4 members (excludes halogenated alkanes) is 8. The third-order valence-electron chi connectivity index (χ3n) is 7.93. The van der Waals surface area contributed by atoms with E-state index in [1.807, 2.05) is 36.4 Å². The van der Waals surface area contributed by atoms with Gasteiger partial charge in [-0.1, -0.05) is 89.5 Å². The topological polar surface area (TPSA) is 61.8 Å². The second kappa shape index (κ2) is 18.5. The van der Waals surface area contributed by atoms with Crippen molar-refractivity contribution in [3.63, 3.8) is 0 Å². The van der Waals surface area contributed by atoms with Crippen LogP contribution >= 0.6 is 0 Å². The predicted octanol–water partition coefficient (Wildman–Crippen LogP) is 9.78. The highest BCUT2D eigenvalue weighted by molar-refractivity contribution is 5.72. The molecule has 1 aliphatic rings. The second-order valence-corrected chi connectivity index (χ2v) is 11.4. The molecule has 0 unspecified atom stereocenters. The van der Waals surface area contributed by atoms with Crippen LogP contribution in [0, 0.1) is 5.92 Å². The summed E-state index contributed by atoms with van der Waals surface area (Å²) in [6.07, 6.45) is 17.5. The van der Waals surface area contributed by atoms with E-state index in [4.69, 9.17) is 14.2 Å². The fourth-order valence-corrected chi connectivity index (χ4v) is 5.43. The summed E-state index contributed by atoms with van der Waals surface area (Å²) in [6, 6.07) is 15.7. The van der Waals surface area contributed by atoms with Gasteiger partial charge in [-0.15, -0.1) is 0 Å². The molecule has 0 heterocycles. The molecule has 0 aliphatic heterocycles. The van der Waals surface area contributed by atoms with Crippen LogP contribution < -0.4 is 9.47 Å². The van der Waals surface area contributed by atoms with Crippen molar-refractivity contribution >= 4 is 12.1 Å². The predicted molar refractivity (Wildman–Crippen MR) is 161 cm³/mol. The number of carbonyl (C=O) groups is 2. The minimum atomic E-state index is -0.653. The van der Waals surface area contributed by atoms with Crippen LogP contribution in [0.3, 0.4) is 0 Å². The average Bonchev–Trinajstić information content (AvgIpc) is 2.95. The summed E-state index contributed by atoms with van der Waals surface area (Å²) in [7, 11) is 0. The molecule has 0 spiro atoms. The van der Waals surface area contributed by atoms with Gasteiger partial charge in [0.25, 0.3) is 0 Å². The number of ether oxygens (including phenoxy) is 3. The minimum Gasteiger partial charge on any atom is -0.431 e. The van der Waals surface area contributed by atoms with Crippen LogP contribution in [0.1, 0.15) is 121 Å². The molecule has 2 aromatic carbocycles. The molecular formula is C35H50O5. The van der Waals surface area contributed by atoms with Gasteiger partial charge in [0.2, 0.25) is 0 Å². The molecule has 3 rings (SSSR count). The van der Waals surface area contributed by atoms with Gasteiger partial charge in [-0.2, -0.15) is 0 Å². The quantitative estimate of drug-likeness (QED) is 0.0849. The monoisotopic (exact) mass is 550 g/mol. The van der Waals surface area contributed by atoms with Crippen LogP contribution in [0.25, 0.3) is 0 Å². The fraction of sp³-hybridized carbons (Fsp3) is 0.600. The lowest BCUT2D eigenvalue weighted by Crippen LogP contribution is -2.27. The summed E-state index contributed by atoms with van der Waals surface area (Å²) >= 11 is 0. The summed E-state index contributed by atoms with van der Waals surface area (Å²) in [5.41, 5.74) is 2.55. The molecule has 0 radical (unpaired) electrons. The Labute approximate surface area is 242 Å². The third-order valence-corrected chi connectivity index (χ3v) is 7.93. The van der Waals surface area contributed by atoms with Gasteiger partial charge in [0.1, 0.15) is 17.6 Å². The number of rotatable bonds is 17. The van der Waals surface area contributed by atoms with E-state index in [1.165, 1.54) is 75.3 Å². The van der Waals surface area contributed by atoms with Gasteiger partial charge in [-0.25, -0.2) is 4.79 Å². The van der Waals surface area contributed by atoms with Gasteiger partial charge in [-0.3, -0.25) is 4.79 Å². The SMILES string of the molecule is CCCCCCCc1ccc(OC(=O)C[C@H]2CC[C@H](OC(=O)Oc3ccc(CCCCCCC)cc3)CC2)cc1. The first kappa shape index (κ1) is 31.7. The molecule has 1 aliphatic carbocycles. The van der Waals surface area contributed by atoms with Crippen LogP contribution in [0.15, 0.2) is 48.5 Å². The zero-order valence-corrected chi connectivity index (χ0v) is 24.8. The lowest BCUT2D eigenvalue weighted by Gasteiger charge is -2.27. The van der Waals surface area contributed by atoms with E-state index in [0.29, 0.717) is 17.9 Å². The van der Waals surface area contributed by atoms with E-state index >= 15 is 0 Å². The molecule has 5 nitrogen and oxygen atoms in total. The van der Waals surface area contributed by atoms with Crippen molar-refractivity contribution < 1.29 is 23.8 Å². The van der Waals surface area contributed by atoms with Crippen molar-refractivity contribution in [2.45, 2.75) is 129 Å². The van der Waals surface area contributed by atoms with Crippen LogP contribution in [0.4, 0.5) is 4.79 Å². The first-order chi connectivity index (χ1) is 19.6. The Morgan fingerprint density at radius 1 is 0.625 bits per heavy atom. The van der Waals surface area contributed by atoms with Crippen molar-refractivity contribution in [1.29, 1.82) is 0 Å². The molecule has 0 amide bonds. The van der Waals surface area contributed by atoms with Crippen LogP contribution in [0.2, 0.25) is 0 Å². The smallest absolute Gasteiger partial charge is 0.431 e. The van der Waals surface area contributed by atoms with E-state index in [2.05, 4.69) is 26.0 Å². The maximum Gasteiger partial charge on any atom is 0.514 e. The summed E-state index contributed by atoms with van der Waals surface area (Å²) in [5.74, 6) is 1.18. The van der Waals surface area contributed by atoms with Crippen LogP contribution in [0.5, 0.6) is 11.5 Å². The molecule has 5 heteroatoms. The highest BCUT2D eigenvalue weighted by atomic mass is 16.7. The van der Waals surface area contributed by atoms with E-state index in [9.17, 15) is 9.59 Å². The van der Waals surface area contributed by atoms with Gasteiger partial charge in [0.05, 0.1) is 0 Å². The highest BCUT2D eigenvalue weighted by Gasteiger charge is 2.26. The number of hydrogen-bond acceptors (Lipinski definition) is 5. The Hall–Kier alpha value is -2.82. The molecule has 1 fully saturated rings. The maximum atomic E-state index is 12.5. The van der Waals surface area contributed by atoms with E-state index < -0.39 is 6.16 Å². The molecular weight excluding hydrogens is 500 g/mol. The lowest BCUT2D eigenvalue weighted by molar-refractivity contribution is -0.135. The number of aryl methyl sites for hydroxylation is 2. The zero-order chi connectivity index (χ0) is 28.4. The Morgan fingerprint density at radius 3 is 1.60 bits per heavy atom. The second-order valence-electron chi connectivity index (χ2n) is 11.4. The van der Waals surface area contributed by atoms with E-state index in [-0.39, 0.29) is 18.0 Å². The largest absolute Gasteiger partial charge is 0.514 e.